The molecular formula is C14H8ClNOS2. The average molecular weight is 306 g/mol. The Hall–Kier alpha value is -1.36. The van der Waals surface area contributed by atoms with E-state index in [1.807, 2.05) is 30.3 Å². The molecule has 0 aliphatic carbocycles. The van der Waals surface area contributed by atoms with Gasteiger partial charge in [0, 0.05) is 10.5 Å². The van der Waals surface area contributed by atoms with Gasteiger partial charge in [-0.1, -0.05) is 41.6 Å². The number of nitrogens with zero attached hydrogens (tertiary/aromatic N) is 1. The summed E-state index contributed by atoms with van der Waals surface area (Å²) in [5, 5.41) is 0.578. The van der Waals surface area contributed by atoms with E-state index in [0.717, 1.165) is 25.7 Å². The molecule has 0 N–H and O–H groups in total. The van der Waals surface area contributed by atoms with E-state index in [0.29, 0.717) is 10.6 Å². The maximum absolute atomic E-state index is 10.7. The highest BCUT2D eigenvalue weighted by Gasteiger charge is 2.08. The summed E-state index contributed by atoms with van der Waals surface area (Å²) in [7, 11) is 0. The van der Waals surface area contributed by atoms with Gasteiger partial charge >= 0.3 is 0 Å². The molecule has 0 atom stereocenters. The highest BCUT2D eigenvalue weighted by Crippen LogP contribution is 2.37. The molecule has 2 nitrogen and oxygen atoms in total. The Morgan fingerprint density at radius 1 is 1.21 bits per heavy atom. The molecule has 94 valence electrons. The molecule has 3 rings (SSSR count). The predicted molar refractivity (Wildman–Crippen MR) is 80.6 cm³/mol. The molecule has 3 aromatic rings. The van der Waals surface area contributed by atoms with Crippen LogP contribution < -0.4 is 0 Å². The van der Waals surface area contributed by atoms with Crippen LogP contribution in [0.4, 0.5) is 0 Å². The zero-order valence-electron chi connectivity index (χ0n) is 9.67. The summed E-state index contributed by atoms with van der Waals surface area (Å²) in [4.78, 5) is 16.1. The van der Waals surface area contributed by atoms with Crippen LogP contribution in [-0.2, 0) is 0 Å². The van der Waals surface area contributed by atoms with E-state index < -0.39 is 0 Å². The third kappa shape index (κ3) is 2.66. The number of rotatable bonds is 3. The molecule has 0 fully saturated rings. The van der Waals surface area contributed by atoms with E-state index in [4.69, 9.17) is 11.6 Å². The zero-order valence-corrected chi connectivity index (χ0v) is 12.1. The van der Waals surface area contributed by atoms with Crippen molar-refractivity contribution in [1.82, 2.24) is 4.98 Å². The van der Waals surface area contributed by atoms with Crippen molar-refractivity contribution >= 4 is 51.2 Å². The topological polar surface area (TPSA) is 30.0 Å². The zero-order chi connectivity index (χ0) is 13.2. The molecule has 0 aliphatic rings. The molecule has 0 saturated heterocycles. The number of carbonyl (C=O) groups is 1. The van der Waals surface area contributed by atoms with E-state index in [1.54, 1.807) is 23.5 Å². The molecule has 0 radical (unpaired) electrons. The first-order chi connectivity index (χ1) is 9.26. The quantitative estimate of drug-likeness (QED) is 0.644. The Morgan fingerprint density at radius 3 is 2.79 bits per heavy atom. The molecule has 2 aromatic carbocycles. The first-order valence-corrected chi connectivity index (χ1v) is 7.55. The van der Waals surface area contributed by atoms with Crippen molar-refractivity contribution < 1.29 is 4.79 Å². The lowest BCUT2D eigenvalue weighted by atomic mass is 10.2. The maximum atomic E-state index is 10.7. The van der Waals surface area contributed by atoms with Crippen LogP contribution in [0.5, 0.6) is 0 Å². The standard InChI is InChI=1S/C14H8ClNOS2/c15-10-7-9(8-17)5-6-12(10)18-14-16-11-3-1-2-4-13(11)19-14/h1-8H. The van der Waals surface area contributed by atoms with Crippen LogP contribution >= 0.6 is 34.7 Å². The lowest BCUT2D eigenvalue weighted by Gasteiger charge is -2.01. The number of hydrogen-bond donors (Lipinski definition) is 0. The number of benzene rings is 2. The molecule has 0 spiro atoms. The molecule has 19 heavy (non-hydrogen) atoms. The summed E-state index contributed by atoms with van der Waals surface area (Å²) < 4.78 is 2.10. The fraction of sp³-hybridized carbons (Fsp3) is 0. The van der Waals surface area contributed by atoms with Crippen LogP contribution in [0.15, 0.2) is 51.7 Å². The van der Waals surface area contributed by atoms with Crippen LogP contribution in [0.3, 0.4) is 0 Å². The Balaban J connectivity index is 1.94. The van der Waals surface area contributed by atoms with Crippen molar-refractivity contribution in [3.8, 4) is 0 Å². The first kappa shape index (κ1) is 12.7. The molecule has 5 heteroatoms. The maximum Gasteiger partial charge on any atom is 0.155 e. The van der Waals surface area contributed by atoms with Crippen LogP contribution in [0, 0.1) is 0 Å². The van der Waals surface area contributed by atoms with Crippen molar-refractivity contribution in [2.75, 3.05) is 0 Å². The Bertz CT molecular complexity index is 721. The van der Waals surface area contributed by atoms with Gasteiger partial charge in [-0.2, -0.15) is 0 Å². The molecule has 0 unspecified atom stereocenters. The number of fused-ring (bicyclic) bond motifs is 1. The second kappa shape index (κ2) is 5.33. The van der Waals surface area contributed by atoms with Crippen LogP contribution in [0.25, 0.3) is 10.2 Å². The minimum atomic E-state index is 0.578. The summed E-state index contributed by atoms with van der Waals surface area (Å²) >= 11 is 9.31. The molecule has 0 aliphatic heterocycles. The SMILES string of the molecule is O=Cc1ccc(Sc2nc3ccccc3s2)c(Cl)c1. The van der Waals surface area contributed by atoms with Gasteiger partial charge in [0.05, 0.1) is 15.2 Å². The number of carbonyl (C=O) groups excluding carboxylic acids is 1. The molecule has 1 heterocycles. The van der Waals surface area contributed by atoms with E-state index in [9.17, 15) is 4.79 Å². The molecule has 0 bridgehead atoms. The Kier molecular flexibility index (Phi) is 3.55. The van der Waals surface area contributed by atoms with Gasteiger partial charge in [-0.25, -0.2) is 4.98 Å². The second-order valence-corrected chi connectivity index (χ2v) is 6.58. The van der Waals surface area contributed by atoms with Crippen LogP contribution in [0.2, 0.25) is 5.02 Å². The van der Waals surface area contributed by atoms with Gasteiger partial charge in [0.2, 0.25) is 0 Å². The lowest BCUT2D eigenvalue weighted by molar-refractivity contribution is 0.112. The number of halogens is 1. The molecule has 0 amide bonds. The van der Waals surface area contributed by atoms with E-state index in [1.165, 1.54) is 11.8 Å². The normalized spacial score (nSPS) is 10.8. The van der Waals surface area contributed by atoms with Crippen molar-refractivity contribution in [3.05, 3.63) is 53.1 Å². The van der Waals surface area contributed by atoms with Crippen molar-refractivity contribution in [1.29, 1.82) is 0 Å². The summed E-state index contributed by atoms with van der Waals surface area (Å²) in [6.07, 6.45) is 0.790. The van der Waals surface area contributed by atoms with Gasteiger partial charge in [-0.3, -0.25) is 4.79 Å². The van der Waals surface area contributed by atoms with Gasteiger partial charge in [0.15, 0.2) is 4.34 Å². The lowest BCUT2D eigenvalue weighted by Crippen LogP contribution is -1.81. The van der Waals surface area contributed by atoms with Gasteiger partial charge in [-0.15, -0.1) is 11.3 Å². The molecular weight excluding hydrogens is 298 g/mol. The van der Waals surface area contributed by atoms with E-state index >= 15 is 0 Å². The van der Waals surface area contributed by atoms with Crippen LogP contribution in [-0.4, -0.2) is 11.3 Å². The van der Waals surface area contributed by atoms with E-state index in [2.05, 4.69) is 4.98 Å². The smallest absolute Gasteiger partial charge is 0.155 e. The second-order valence-electron chi connectivity index (χ2n) is 3.86. The summed E-state index contributed by atoms with van der Waals surface area (Å²) in [6, 6.07) is 13.3. The fourth-order valence-corrected chi connectivity index (χ4v) is 3.99. The van der Waals surface area contributed by atoms with E-state index in [-0.39, 0.29) is 0 Å². The minimum absolute atomic E-state index is 0.578. The number of thiazole rings is 1. The third-order valence-corrected chi connectivity index (χ3v) is 5.16. The predicted octanol–water partition coefficient (Wildman–Crippen LogP) is 4.91. The molecule has 0 saturated carbocycles. The minimum Gasteiger partial charge on any atom is -0.298 e. The third-order valence-electron chi connectivity index (χ3n) is 2.56. The van der Waals surface area contributed by atoms with Crippen molar-refractivity contribution in [2.45, 2.75) is 9.24 Å². The highest BCUT2D eigenvalue weighted by atomic mass is 35.5. The summed E-state index contributed by atoms with van der Waals surface area (Å²) in [5.41, 5.74) is 1.58. The number of hydrogen-bond acceptors (Lipinski definition) is 4. The average Bonchev–Trinajstić information content (AvgIpc) is 2.83. The number of aromatic nitrogens is 1. The Morgan fingerprint density at radius 2 is 2.05 bits per heavy atom. The van der Waals surface area contributed by atoms with Crippen molar-refractivity contribution in [2.24, 2.45) is 0 Å². The number of para-hydroxylation sites is 1. The Labute approximate surface area is 123 Å². The highest BCUT2D eigenvalue weighted by molar-refractivity contribution is 8.01. The molecule has 1 aromatic heterocycles. The summed E-state index contributed by atoms with van der Waals surface area (Å²) in [5.74, 6) is 0. The number of aldehydes is 1. The fourth-order valence-electron chi connectivity index (χ4n) is 1.66. The van der Waals surface area contributed by atoms with Gasteiger partial charge in [-0.05, 0) is 24.3 Å². The van der Waals surface area contributed by atoms with Crippen LogP contribution in [0.1, 0.15) is 10.4 Å². The van der Waals surface area contributed by atoms with Gasteiger partial charge in [0.1, 0.15) is 6.29 Å². The monoisotopic (exact) mass is 305 g/mol. The summed E-state index contributed by atoms with van der Waals surface area (Å²) in [6.45, 7) is 0. The van der Waals surface area contributed by atoms with Gasteiger partial charge < -0.3 is 0 Å². The first-order valence-electron chi connectivity index (χ1n) is 5.54. The largest absolute Gasteiger partial charge is 0.298 e. The van der Waals surface area contributed by atoms with Gasteiger partial charge in [0.25, 0.3) is 0 Å². The van der Waals surface area contributed by atoms with Crippen molar-refractivity contribution in [3.63, 3.8) is 0 Å².